The van der Waals surface area contributed by atoms with Gasteiger partial charge in [-0.05, 0) is 12.8 Å². The molecule has 1 atom stereocenters. The van der Waals surface area contributed by atoms with E-state index in [9.17, 15) is 4.79 Å². The second kappa shape index (κ2) is 6.35. The number of hydrogen-bond acceptors (Lipinski definition) is 2. The summed E-state index contributed by atoms with van der Waals surface area (Å²) in [7, 11) is 0. The fourth-order valence-electron chi connectivity index (χ4n) is 1.01. The second-order valence-corrected chi connectivity index (χ2v) is 2.86. The largest absolute Gasteiger partial charge is 0.396 e. The first-order chi connectivity index (χ1) is 5.26. The quantitative estimate of drug-likeness (QED) is 0.639. The lowest BCUT2D eigenvalue weighted by Gasteiger charge is -2.08. The van der Waals surface area contributed by atoms with Crippen molar-refractivity contribution in [1.29, 1.82) is 0 Å². The third kappa shape index (κ3) is 4.14. The SMILES string of the molecule is CCCCC(=O)C(CC)CO. The summed E-state index contributed by atoms with van der Waals surface area (Å²) >= 11 is 0. The molecule has 0 spiro atoms. The molecule has 0 amide bonds. The van der Waals surface area contributed by atoms with Crippen molar-refractivity contribution in [3.05, 3.63) is 0 Å². The highest BCUT2D eigenvalue weighted by Gasteiger charge is 2.13. The molecular weight excluding hydrogens is 140 g/mol. The van der Waals surface area contributed by atoms with Gasteiger partial charge < -0.3 is 5.11 Å². The summed E-state index contributed by atoms with van der Waals surface area (Å²) in [6, 6.07) is 0. The van der Waals surface area contributed by atoms with Crippen LogP contribution in [-0.4, -0.2) is 17.5 Å². The molecular formula is C9H18O2. The van der Waals surface area contributed by atoms with Crippen molar-refractivity contribution in [2.45, 2.75) is 39.5 Å². The van der Waals surface area contributed by atoms with Crippen molar-refractivity contribution < 1.29 is 9.90 Å². The smallest absolute Gasteiger partial charge is 0.138 e. The molecule has 2 nitrogen and oxygen atoms in total. The summed E-state index contributed by atoms with van der Waals surface area (Å²) in [4.78, 5) is 11.2. The Bertz CT molecular complexity index is 106. The standard InChI is InChI=1S/C9H18O2/c1-3-5-6-9(11)8(4-2)7-10/h8,10H,3-7H2,1-2H3. The zero-order chi connectivity index (χ0) is 8.69. The Morgan fingerprint density at radius 2 is 2.09 bits per heavy atom. The van der Waals surface area contributed by atoms with E-state index in [-0.39, 0.29) is 18.3 Å². The van der Waals surface area contributed by atoms with Crippen LogP contribution in [0, 0.1) is 5.92 Å². The van der Waals surface area contributed by atoms with E-state index in [1.165, 1.54) is 0 Å². The number of aliphatic hydroxyl groups excluding tert-OH is 1. The Kier molecular flexibility index (Phi) is 6.13. The lowest BCUT2D eigenvalue weighted by Crippen LogP contribution is -2.17. The second-order valence-electron chi connectivity index (χ2n) is 2.86. The van der Waals surface area contributed by atoms with Crippen LogP contribution in [0.1, 0.15) is 39.5 Å². The summed E-state index contributed by atoms with van der Waals surface area (Å²) in [5, 5.41) is 8.77. The molecule has 0 aliphatic carbocycles. The minimum Gasteiger partial charge on any atom is -0.396 e. The van der Waals surface area contributed by atoms with Gasteiger partial charge in [0.05, 0.1) is 6.61 Å². The van der Waals surface area contributed by atoms with E-state index >= 15 is 0 Å². The van der Waals surface area contributed by atoms with Crippen LogP contribution < -0.4 is 0 Å². The van der Waals surface area contributed by atoms with Crippen LogP contribution in [0.4, 0.5) is 0 Å². The van der Waals surface area contributed by atoms with Gasteiger partial charge in [0.25, 0.3) is 0 Å². The zero-order valence-electron chi connectivity index (χ0n) is 7.47. The molecule has 1 unspecified atom stereocenters. The number of aliphatic hydroxyl groups is 1. The molecule has 0 aliphatic rings. The molecule has 66 valence electrons. The number of carbonyl (C=O) groups is 1. The number of Topliss-reactive ketones (excluding diaryl/α,β-unsaturated/α-hetero) is 1. The van der Waals surface area contributed by atoms with Gasteiger partial charge in [0.1, 0.15) is 5.78 Å². The summed E-state index contributed by atoms with van der Waals surface area (Å²) in [6.45, 7) is 4.01. The Labute approximate surface area is 68.6 Å². The molecule has 0 aromatic carbocycles. The van der Waals surface area contributed by atoms with Gasteiger partial charge in [-0.25, -0.2) is 0 Å². The van der Waals surface area contributed by atoms with Gasteiger partial charge in [0.2, 0.25) is 0 Å². The Morgan fingerprint density at radius 3 is 2.45 bits per heavy atom. The van der Waals surface area contributed by atoms with E-state index in [2.05, 4.69) is 6.92 Å². The van der Waals surface area contributed by atoms with Gasteiger partial charge in [-0.1, -0.05) is 20.3 Å². The normalized spacial score (nSPS) is 13.0. The van der Waals surface area contributed by atoms with Crippen LogP contribution in [0.25, 0.3) is 0 Å². The lowest BCUT2D eigenvalue weighted by molar-refractivity contribution is -0.124. The van der Waals surface area contributed by atoms with Crippen LogP contribution in [0.2, 0.25) is 0 Å². The van der Waals surface area contributed by atoms with E-state index in [0.717, 1.165) is 19.3 Å². The summed E-state index contributed by atoms with van der Waals surface area (Å²) in [5.74, 6) is 0.110. The molecule has 0 saturated heterocycles. The minimum atomic E-state index is -0.110. The summed E-state index contributed by atoms with van der Waals surface area (Å²) in [5.41, 5.74) is 0. The van der Waals surface area contributed by atoms with Gasteiger partial charge in [0.15, 0.2) is 0 Å². The highest BCUT2D eigenvalue weighted by atomic mass is 16.3. The van der Waals surface area contributed by atoms with Crippen LogP contribution >= 0.6 is 0 Å². The van der Waals surface area contributed by atoms with E-state index in [0.29, 0.717) is 6.42 Å². The average Bonchev–Trinajstić information content (AvgIpc) is 2.03. The molecule has 0 radical (unpaired) electrons. The Hall–Kier alpha value is -0.370. The van der Waals surface area contributed by atoms with Gasteiger partial charge in [-0.3, -0.25) is 4.79 Å². The molecule has 0 aromatic heterocycles. The predicted octanol–water partition coefficient (Wildman–Crippen LogP) is 1.76. The molecule has 0 bridgehead atoms. The first-order valence-corrected chi connectivity index (χ1v) is 4.39. The maximum Gasteiger partial charge on any atom is 0.138 e. The minimum absolute atomic E-state index is 0.0129. The Balaban J connectivity index is 3.61. The van der Waals surface area contributed by atoms with Crippen molar-refractivity contribution in [1.82, 2.24) is 0 Å². The lowest BCUT2D eigenvalue weighted by atomic mass is 9.98. The molecule has 0 aromatic rings. The number of hydrogen-bond donors (Lipinski definition) is 1. The van der Waals surface area contributed by atoms with Gasteiger partial charge >= 0.3 is 0 Å². The molecule has 11 heavy (non-hydrogen) atoms. The van der Waals surface area contributed by atoms with E-state index in [1.54, 1.807) is 0 Å². The molecule has 2 heteroatoms. The fraction of sp³-hybridized carbons (Fsp3) is 0.889. The highest BCUT2D eigenvalue weighted by molar-refractivity contribution is 5.80. The first-order valence-electron chi connectivity index (χ1n) is 4.39. The van der Waals surface area contributed by atoms with Crippen LogP contribution in [0.5, 0.6) is 0 Å². The number of unbranched alkanes of at least 4 members (excludes halogenated alkanes) is 1. The average molecular weight is 158 g/mol. The summed E-state index contributed by atoms with van der Waals surface area (Å²) < 4.78 is 0. The third-order valence-electron chi connectivity index (χ3n) is 1.95. The number of rotatable bonds is 6. The first kappa shape index (κ1) is 10.6. The topological polar surface area (TPSA) is 37.3 Å². The van der Waals surface area contributed by atoms with Gasteiger partial charge in [-0.2, -0.15) is 0 Å². The third-order valence-corrected chi connectivity index (χ3v) is 1.95. The van der Waals surface area contributed by atoms with Crippen LogP contribution in [0.3, 0.4) is 0 Å². The molecule has 0 fully saturated rings. The van der Waals surface area contributed by atoms with Crippen molar-refractivity contribution in [3.63, 3.8) is 0 Å². The van der Waals surface area contributed by atoms with Crippen LogP contribution in [-0.2, 0) is 4.79 Å². The maximum absolute atomic E-state index is 11.2. The number of ketones is 1. The van der Waals surface area contributed by atoms with E-state index in [1.807, 2.05) is 6.92 Å². The van der Waals surface area contributed by atoms with Gasteiger partial charge in [-0.15, -0.1) is 0 Å². The number of carbonyl (C=O) groups excluding carboxylic acids is 1. The van der Waals surface area contributed by atoms with Gasteiger partial charge in [0, 0.05) is 12.3 Å². The van der Waals surface area contributed by atoms with Crippen LogP contribution in [0.15, 0.2) is 0 Å². The molecule has 1 N–H and O–H groups in total. The van der Waals surface area contributed by atoms with Crippen molar-refractivity contribution >= 4 is 5.78 Å². The molecule has 0 heterocycles. The predicted molar refractivity (Wildman–Crippen MR) is 45.4 cm³/mol. The highest BCUT2D eigenvalue weighted by Crippen LogP contribution is 2.08. The fourth-order valence-corrected chi connectivity index (χ4v) is 1.01. The zero-order valence-corrected chi connectivity index (χ0v) is 7.47. The maximum atomic E-state index is 11.2. The monoisotopic (exact) mass is 158 g/mol. The summed E-state index contributed by atoms with van der Waals surface area (Å²) in [6.07, 6.45) is 3.40. The molecule has 0 aliphatic heterocycles. The molecule has 0 saturated carbocycles. The van der Waals surface area contributed by atoms with Crippen molar-refractivity contribution in [2.75, 3.05) is 6.61 Å². The Morgan fingerprint density at radius 1 is 1.45 bits per heavy atom. The van der Waals surface area contributed by atoms with Crippen molar-refractivity contribution in [3.8, 4) is 0 Å². The van der Waals surface area contributed by atoms with Crippen molar-refractivity contribution in [2.24, 2.45) is 5.92 Å². The van der Waals surface area contributed by atoms with E-state index < -0.39 is 0 Å². The van der Waals surface area contributed by atoms with E-state index in [4.69, 9.17) is 5.11 Å². The molecule has 0 rings (SSSR count).